The Morgan fingerprint density at radius 1 is 1.50 bits per heavy atom. The second kappa shape index (κ2) is 3.12. The lowest BCUT2D eigenvalue weighted by Crippen LogP contribution is -2.31. The Morgan fingerprint density at radius 2 is 2.21 bits per heavy atom. The van der Waals surface area contributed by atoms with Gasteiger partial charge in [0.2, 0.25) is 0 Å². The predicted molar refractivity (Wildman–Crippen MR) is 51.1 cm³/mol. The molecule has 0 amide bonds. The van der Waals surface area contributed by atoms with E-state index in [2.05, 4.69) is 0 Å². The fourth-order valence-electron chi connectivity index (χ4n) is 2.19. The first-order chi connectivity index (χ1) is 6.66. The molecule has 2 rings (SSSR count). The molecule has 0 radical (unpaired) electrons. The predicted octanol–water partition coefficient (Wildman–Crippen LogP) is 0.999. The van der Waals surface area contributed by atoms with Crippen LogP contribution in [0.4, 0.5) is 0 Å². The highest BCUT2D eigenvalue weighted by atomic mass is 16.5. The second-order valence-electron chi connectivity index (χ2n) is 3.74. The summed E-state index contributed by atoms with van der Waals surface area (Å²) in [5.74, 6) is 0. The lowest BCUT2D eigenvalue weighted by molar-refractivity contribution is -0.516. The SMILES string of the molecule is CCc1c(C)n(O)c2c([n+]1=O)CCC2. The van der Waals surface area contributed by atoms with Crippen LogP contribution in [0, 0.1) is 11.8 Å². The maximum atomic E-state index is 11.9. The first-order valence-electron chi connectivity index (χ1n) is 5.04. The molecule has 1 aromatic heterocycles. The third-order valence-corrected chi connectivity index (χ3v) is 2.98. The standard InChI is InChI=1S/C10H15N2O2/c1-3-8-7(2)11(13)9-5-4-6-10(9)12(8)14/h13H,3-6H2,1-2H3/q+1. The number of hydrogen-bond acceptors (Lipinski definition) is 2. The number of nitrogens with zero attached hydrogens (tertiary/aromatic N) is 2. The minimum atomic E-state index is 0.656. The van der Waals surface area contributed by atoms with Crippen LogP contribution in [0.15, 0.2) is 0 Å². The minimum absolute atomic E-state index is 0.656. The van der Waals surface area contributed by atoms with Crippen LogP contribution in [0.25, 0.3) is 0 Å². The summed E-state index contributed by atoms with van der Waals surface area (Å²) in [5.41, 5.74) is 2.88. The van der Waals surface area contributed by atoms with Crippen molar-refractivity contribution in [3.8, 4) is 0 Å². The number of hydrogen-bond donors (Lipinski definition) is 1. The number of aromatic nitrogens is 2. The molecular weight excluding hydrogens is 180 g/mol. The molecule has 0 fully saturated rings. The normalized spacial score (nSPS) is 14.4. The molecule has 1 N–H and O–H groups in total. The van der Waals surface area contributed by atoms with Gasteiger partial charge < -0.3 is 5.21 Å². The molecule has 1 aliphatic rings. The molecule has 0 aromatic carbocycles. The van der Waals surface area contributed by atoms with Gasteiger partial charge in [-0.1, -0.05) is 6.92 Å². The molecular formula is C10H15N2O2+. The Hall–Kier alpha value is -1.32. The van der Waals surface area contributed by atoms with Gasteiger partial charge in [-0.05, 0) is 19.8 Å². The summed E-state index contributed by atoms with van der Waals surface area (Å²) in [6.07, 6.45) is 3.21. The van der Waals surface area contributed by atoms with E-state index in [1.807, 2.05) is 6.92 Å². The van der Waals surface area contributed by atoms with Crippen molar-refractivity contribution in [2.45, 2.75) is 39.5 Å². The topological polar surface area (TPSA) is 48.1 Å². The van der Waals surface area contributed by atoms with Crippen molar-refractivity contribution in [3.05, 3.63) is 27.7 Å². The molecule has 4 nitrogen and oxygen atoms in total. The second-order valence-corrected chi connectivity index (χ2v) is 3.74. The molecule has 0 saturated carbocycles. The van der Waals surface area contributed by atoms with Gasteiger partial charge in [0.1, 0.15) is 11.4 Å². The average Bonchev–Trinajstić information content (AvgIpc) is 2.64. The number of fused-ring (bicyclic) bond motifs is 1. The van der Waals surface area contributed by atoms with Crippen molar-refractivity contribution in [2.24, 2.45) is 0 Å². The largest absolute Gasteiger partial charge is 0.428 e. The van der Waals surface area contributed by atoms with Gasteiger partial charge in [-0.15, -0.1) is 0 Å². The van der Waals surface area contributed by atoms with Crippen LogP contribution in [0.1, 0.15) is 36.1 Å². The third kappa shape index (κ3) is 1.06. The van der Waals surface area contributed by atoms with E-state index in [9.17, 15) is 10.1 Å². The zero-order valence-electron chi connectivity index (χ0n) is 8.58. The summed E-state index contributed by atoms with van der Waals surface area (Å²) in [6, 6.07) is 0. The summed E-state index contributed by atoms with van der Waals surface area (Å²) in [4.78, 5) is 11.9. The van der Waals surface area contributed by atoms with Crippen LogP contribution in [-0.4, -0.2) is 9.94 Å². The van der Waals surface area contributed by atoms with Crippen LogP contribution in [0.2, 0.25) is 0 Å². The third-order valence-electron chi connectivity index (χ3n) is 2.98. The van der Waals surface area contributed by atoms with E-state index in [4.69, 9.17) is 0 Å². The van der Waals surface area contributed by atoms with Crippen LogP contribution in [0.5, 0.6) is 0 Å². The molecule has 1 heterocycles. The Balaban J connectivity index is 2.80. The maximum Gasteiger partial charge on any atom is 0.262 e. The lowest BCUT2D eigenvalue weighted by atomic mass is 10.2. The zero-order chi connectivity index (χ0) is 10.3. The van der Waals surface area contributed by atoms with Gasteiger partial charge in [-0.3, -0.25) is 0 Å². The van der Waals surface area contributed by atoms with Crippen molar-refractivity contribution in [1.29, 1.82) is 0 Å². The fourth-order valence-corrected chi connectivity index (χ4v) is 2.19. The van der Waals surface area contributed by atoms with E-state index in [0.717, 1.165) is 35.1 Å². The Morgan fingerprint density at radius 3 is 2.86 bits per heavy atom. The summed E-state index contributed by atoms with van der Waals surface area (Å²) in [6.45, 7) is 3.71. The van der Waals surface area contributed by atoms with Crippen LogP contribution in [-0.2, 0) is 19.3 Å². The van der Waals surface area contributed by atoms with E-state index in [1.165, 1.54) is 4.73 Å². The van der Waals surface area contributed by atoms with Gasteiger partial charge in [0.25, 0.3) is 11.4 Å². The van der Waals surface area contributed by atoms with Crippen molar-refractivity contribution in [3.63, 3.8) is 0 Å². The molecule has 0 spiro atoms. The molecule has 0 unspecified atom stereocenters. The number of rotatable bonds is 1. The van der Waals surface area contributed by atoms with Gasteiger partial charge in [0.05, 0.1) is 4.43 Å². The lowest BCUT2D eigenvalue weighted by Gasteiger charge is -2.06. The van der Waals surface area contributed by atoms with Gasteiger partial charge in [-0.2, -0.15) is 4.73 Å². The van der Waals surface area contributed by atoms with E-state index >= 15 is 0 Å². The van der Waals surface area contributed by atoms with Crippen molar-refractivity contribution in [2.75, 3.05) is 0 Å². The van der Waals surface area contributed by atoms with Gasteiger partial charge >= 0.3 is 0 Å². The van der Waals surface area contributed by atoms with Crippen LogP contribution >= 0.6 is 0 Å². The summed E-state index contributed by atoms with van der Waals surface area (Å²) < 4.78 is 2.19. The molecule has 14 heavy (non-hydrogen) atoms. The summed E-state index contributed by atoms with van der Waals surface area (Å²) in [5, 5.41) is 9.82. The average molecular weight is 195 g/mol. The first kappa shape index (κ1) is 9.24. The summed E-state index contributed by atoms with van der Waals surface area (Å²) >= 11 is 0. The maximum absolute atomic E-state index is 11.9. The van der Waals surface area contributed by atoms with Crippen LogP contribution < -0.4 is 4.43 Å². The Labute approximate surface area is 82.4 Å². The zero-order valence-corrected chi connectivity index (χ0v) is 8.58. The molecule has 0 saturated heterocycles. The quantitative estimate of drug-likeness (QED) is 0.537. The van der Waals surface area contributed by atoms with Crippen molar-refractivity contribution < 1.29 is 9.63 Å². The minimum Gasteiger partial charge on any atom is -0.428 e. The molecule has 1 aromatic rings. The highest BCUT2D eigenvalue weighted by molar-refractivity contribution is 5.18. The summed E-state index contributed by atoms with van der Waals surface area (Å²) in [7, 11) is 0. The van der Waals surface area contributed by atoms with E-state index in [-0.39, 0.29) is 0 Å². The van der Waals surface area contributed by atoms with E-state index < -0.39 is 0 Å². The highest BCUT2D eigenvalue weighted by Crippen LogP contribution is 2.19. The van der Waals surface area contributed by atoms with Crippen molar-refractivity contribution in [1.82, 2.24) is 4.73 Å². The van der Waals surface area contributed by atoms with Gasteiger partial charge in [-0.25, -0.2) is 0 Å². The molecule has 0 aliphatic heterocycles. The molecule has 76 valence electrons. The Bertz CT molecular complexity index is 428. The molecule has 1 aliphatic carbocycles. The van der Waals surface area contributed by atoms with E-state index in [1.54, 1.807) is 6.92 Å². The molecule has 0 atom stereocenters. The Kier molecular flexibility index (Phi) is 2.06. The van der Waals surface area contributed by atoms with E-state index in [0.29, 0.717) is 17.8 Å². The van der Waals surface area contributed by atoms with Gasteiger partial charge in [0, 0.05) is 17.7 Å². The van der Waals surface area contributed by atoms with Crippen LogP contribution in [0.3, 0.4) is 0 Å². The smallest absolute Gasteiger partial charge is 0.262 e. The molecule has 0 bridgehead atoms. The molecule has 4 heteroatoms. The van der Waals surface area contributed by atoms with Crippen molar-refractivity contribution >= 4 is 0 Å². The first-order valence-corrected chi connectivity index (χ1v) is 5.04. The highest BCUT2D eigenvalue weighted by Gasteiger charge is 2.30. The van der Waals surface area contributed by atoms with Gasteiger partial charge in [0.15, 0.2) is 0 Å². The fraction of sp³-hybridized carbons (Fsp3) is 0.600. The monoisotopic (exact) mass is 195 g/mol.